The van der Waals surface area contributed by atoms with E-state index in [-0.39, 0.29) is 24.5 Å². The normalized spacial score (nSPS) is 15.7. The third-order valence-electron chi connectivity index (χ3n) is 5.31. The zero-order valence-electron chi connectivity index (χ0n) is 17.4. The molecule has 1 aliphatic rings. The molecule has 0 bridgehead atoms. The molecule has 1 aromatic heterocycles. The van der Waals surface area contributed by atoms with Crippen LogP contribution in [0.2, 0.25) is 0 Å². The Morgan fingerprint density at radius 3 is 2.69 bits per heavy atom. The molecule has 0 spiro atoms. The summed E-state index contributed by atoms with van der Waals surface area (Å²) in [5.41, 5.74) is 2.34. The molecule has 6 heteroatoms. The molecule has 3 rings (SSSR count). The smallest absolute Gasteiger partial charge is 0.317 e. The average Bonchev–Trinajstić information content (AvgIpc) is 3.22. The second kappa shape index (κ2) is 10.4. The van der Waals surface area contributed by atoms with Crippen molar-refractivity contribution in [3.63, 3.8) is 0 Å². The minimum atomic E-state index is -0.141. The van der Waals surface area contributed by atoms with E-state index in [1.165, 1.54) is 10.4 Å². The molecule has 29 heavy (non-hydrogen) atoms. The highest BCUT2D eigenvalue weighted by molar-refractivity contribution is 7.10. The molecule has 0 saturated heterocycles. The maximum atomic E-state index is 13.3. The van der Waals surface area contributed by atoms with E-state index in [0.29, 0.717) is 19.6 Å². The van der Waals surface area contributed by atoms with Crippen LogP contribution in [0.5, 0.6) is 0 Å². The molecular weight excluding hydrogens is 382 g/mol. The Bertz CT molecular complexity index is 805. The molecule has 1 N–H and O–H groups in total. The number of hydrogen-bond acceptors (Lipinski definition) is 3. The van der Waals surface area contributed by atoms with Crippen LogP contribution in [0.4, 0.5) is 4.79 Å². The van der Waals surface area contributed by atoms with Crippen molar-refractivity contribution in [3.8, 4) is 0 Å². The van der Waals surface area contributed by atoms with Crippen molar-refractivity contribution in [1.82, 2.24) is 15.1 Å². The number of amides is 3. The van der Waals surface area contributed by atoms with Gasteiger partial charge in [-0.25, -0.2) is 4.79 Å². The maximum Gasteiger partial charge on any atom is 0.317 e. The van der Waals surface area contributed by atoms with Crippen molar-refractivity contribution in [2.75, 3.05) is 26.2 Å². The molecule has 1 atom stereocenters. The lowest BCUT2D eigenvalue weighted by Crippen LogP contribution is -2.49. The molecule has 0 fully saturated rings. The van der Waals surface area contributed by atoms with Crippen LogP contribution >= 0.6 is 11.3 Å². The van der Waals surface area contributed by atoms with Crippen molar-refractivity contribution in [1.29, 1.82) is 0 Å². The lowest BCUT2D eigenvalue weighted by atomic mass is 9.93. The monoisotopic (exact) mass is 413 g/mol. The minimum absolute atomic E-state index is 0.00907. The summed E-state index contributed by atoms with van der Waals surface area (Å²) in [5.74, 6) is 0.00907. The van der Waals surface area contributed by atoms with Gasteiger partial charge in [-0.3, -0.25) is 4.79 Å². The molecule has 0 unspecified atom stereocenters. The van der Waals surface area contributed by atoms with E-state index in [1.54, 1.807) is 16.2 Å². The van der Waals surface area contributed by atoms with E-state index in [1.807, 2.05) is 30.0 Å². The number of carbonyl (C=O) groups excluding carboxylic acids is 2. The molecule has 5 nitrogen and oxygen atoms in total. The SMILES string of the molecule is CCCCNC(=O)N(CCC)CC(=O)N1CCc2sccc2[C@H]1c1ccccc1. The van der Waals surface area contributed by atoms with Gasteiger partial charge in [0.15, 0.2) is 0 Å². The number of fused-ring (bicyclic) bond motifs is 1. The highest BCUT2D eigenvalue weighted by Crippen LogP contribution is 2.37. The fraction of sp³-hybridized carbons (Fsp3) is 0.478. The number of nitrogens with zero attached hydrogens (tertiary/aromatic N) is 2. The number of thiophene rings is 1. The molecule has 1 aliphatic heterocycles. The van der Waals surface area contributed by atoms with E-state index >= 15 is 0 Å². The highest BCUT2D eigenvalue weighted by Gasteiger charge is 2.33. The first-order valence-corrected chi connectivity index (χ1v) is 11.5. The lowest BCUT2D eigenvalue weighted by Gasteiger charge is -2.37. The fourth-order valence-corrected chi connectivity index (χ4v) is 4.74. The zero-order chi connectivity index (χ0) is 20.6. The van der Waals surface area contributed by atoms with Gasteiger partial charge in [0.2, 0.25) is 5.91 Å². The van der Waals surface area contributed by atoms with Gasteiger partial charge < -0.3 is 15.1 Å². The summed E-state index contributed by atoms with van der Waals surface area (Å²) >= 11 is 1.76. The largest absolute Gasteiger partial charge is 0.338 e. The summed E-state index contributed by atoms with van der Waals surface area (Å²) in [6.07, 6.45) is 3.68. The van der Waals surface area contributed by atoms with Gasteiger partial charge in [0.25, 0.3) is 0 Å². The lowest BCUT2D eigenvalue weighted by molar-refractivity contribution is -0.133. The summed E-state index contributed by atoms with van der Waals surface area (Å²) < 4.78 is 0. The van der Waals surface area contributed by atoms with Crippen LogP contribution in [0.15, 0.2) is 41.8 Å². The number of rotatable bonds is 8. The Labute approximate surface area is 177 Å². The second-order valence-corrected chi connectivity index (χ2v) is 8.46. The molecule has 0 radical (unpaired) electrons. The summed E-state index contributed by atoms with van der Waals surface area (Å²) in [6.45, 7) is 6.16. The molecule has 156 valence electrons. The Hall–Kier alpha value is -2.34. The van der Waals surface area contributed by atoms with Gasteiger partial charge in [0.05, 0.1) is 6.04 Å². The van der Waals surface area contributed by atoms with E-state index < -0.39 is 0 Å². The predicted molar refractivity (Wildman–Crippen MR) is 118 cm³/mol. The molecule has 2 heterocycles. The third kappa shape index (κ3) is 5.18. The molecular formula is C23H31N3O2S. The zero-order valence-corrected chi connectivity index (χ0v) is 18.2. The Balaban J connectivity index is 1.78. The summed E-state index contributed by atoms with van der Waals surface area (Å²) in [4.78, 5) is 30.9. The summed E-state index contributed by atoms with van der Waals surface area (Å²) in [6, 6.07) is 12.1. The van der Waals surface area contributed by atoms with Gasteiger partial charge >= 0.3 is 6.03 Å². The van der Waals surface area contributed by atoms with E-state index in [2.05, 4.69) is 35.8 Å². The molecule has 1 aromatic carbocycles. The summed E-state index contributed by atoms with van der Waals surface area (Å²) in [7, 11) is 0. The van der Waals surface area contributed by atoms with Crippen molar-refractivity contribution < 1.29 is 9.59 Å². The molecule has 3 amide bonds. The van der Waals surface area contributed by atoms with Crippen LogP contribution in [0.1, 0.15) is 55.2 Å². The standard InChI is InChI=1S/C23H31N3O2S/c1-3-5-13-24-23(28)25(14-4-2)17-21(27)26-15-11-20-19(12-16-29-20)22(26)18-9-7-6-8-10-18/h6-10,12,16,22H,3-5,11,13-15,17H2,1-2H3,(H,24,28)/t22-/m1/s1. The van der Waals surface area contributed by atoms with Crippen LogP contribution in [0.3, 0.4) is 0 Å². The second-order valence-electron chi connectivity index (χ2n) is 7.46. The first-order chi connectivity index (χ1) is 14.2. The number of nitrogens with one attached hydrogen (secondary N) is 1. The van der Waals surface area contributed by atoms with Crippen LogP contribution in [-0.4, -0.2) is 47.9 Å². The van der Waals surface area contributed by atoms with Crippen molar-refractivity contribution >= 4 is 23.3 Å². The first-order valence-electron chi connectivity index (χ1n) is 10.6. The number of carbonyl (C=O) groups is 2. The molecule has 2 aromatic rings. The van der Waals surface area contributed by atoms with Gasteiger partial charge in [-0.15, -0.1) is 11.3 Å². The minimum Gasteiger partial charge on any atom is -0.338 e. The fourth-order valence-electron chi connectivity index (χ4n) is 3.84. The Morgan fingerprint density at radius 2 is 1.97 bits per heavy atom. The maximum absolute atomic E-state index is 13.3. The van der Waals surface area contributed by atoms with Crippen LogP contribution in [0.25, 0.3) is 0 Å². The van der Waals surface area contributed by atoms with Crippen LogP contribution in [-0.2, 0) is 11.2 Å². The number of urea groups is 1. The van der Waals surface area contributed by atoms with Crippen LogP contribution < -0.4 is 5.32 Å². The van der Waals surface area contributed by atoms with Gasteiger partial charge in [-0.2, -0.15) is 0 Å². The topological polar surface area (TPSA) is 52.7 Å². The summed E-state index contributed by atoms with van der Waals surface area (Å²) in [5, 5.41) is 5.06. The van der Waals surface area contributed by atoms with Gasteiger partial charge in [0.1, 0.15) is 6.54 Å². The van der Waals surface area contributed by atoms with E-state index in [4.69, 9.17) is 0 Å². The van der Waals surface area contributed by atoms with Gasteiger partial charge in [0, 0.05) is 24.5 Å². The predicted octanol–water partition coefficient (Wildman–Crippen LogP) is 4.44. The first kappa shape index (κ1) is 21.4. The Kier molecular flexibility index (Phi) is 7.69. The average molecular weight is 414 g/mol. The highest BCUT2D eigenvalue weighted by atomic mass is 32.1. The van der Waals surface area contributed by atoms with E-state index in [9.17, 15) is 9.59 Å². The van der Waals surface area contributed by atoms with Gasteiger partial charge in [-0.1, -0.05) is 50.6 Å². The van der Waals surface area contributed by atoms with Gasteiger partial charge in [-0.05, 0) is 41.8 Å². The molecule has 0 saturated carbocycles. The van der Waals surface area contributed by atoms with Crippen LogP contribution in [0, 0.1) is 0 Å². The van der Waals surface area contributed by atoms with E-state index in [0.717, 1.165) is 31.2 Å². The van der Waals surface area contributed by atoms with Crippen molar-refractivity contribution in [2.24, 2.45) is 0 Å². The molecule has 0 aliphatic carbocycles. The quantitative estimate of drug-likeness (QED) is 0.650. The van der Waals surface area contributed by atoms with Crippen molar-refractivity contribution in [2.45, 2.75) is 45.6 Å². The Morgan fingerprint density at radius 1 is 1.17 bits per heavy atom. The number of unbranched alkanes of at least 4 members (excludes halogenated alkanes) is 1. The third-order valence-corrected chi connectivity index (χ3v) is 6.31. The number of hydrogen-bond donors (Lipinski definition) is 1. The number of benzene rings is 1. The van der Waals surface area contributed by atoms with Crippen molar-refractivity contribution in [3.05, 3.63) is 57.8 Å².